The number of carbonyl (C=O) groups is 1. The molecule has 28 heavy (non-hydrogen) atoms. The van der Waals surface area contributed by atoms with E-state index in [2.05, 4.69) is 20.9 Å². The fourth-order valence-corrected chi connectivity index (χ4v) is 4.22. The van der Waals surface area contributed by atoms with Crippen molar-refractivity contribution >= 4 is 43.1 Å². The van der Waals surface area contributed by atoms with Gasteiger partial charge in [0.25, 0.3) is 0 Å². The topological polar surface area (TPSA) is 82.6 Å². The average Bonchev–Trinajstić information content (AvgIpc) is 3.14. The fourth-order valence-electron chi connectivity index (χ4n) is 2.41. The van der Waals surface area contributed by atoms with E-state index in [9.17, 15) is 13.2 Å². The number of sulfone groups is 1. The van der Waals surface area contributed by atoms with E-state index in [1.165, 1.54) is 35.6 Å². The van der Waals surface area contributed by atoms with Gasteiger partial charge in [-0.3, -0.25) is 0 Å². The molecule has 1 aromatic heterocycles. The number of carbonyl (C=O) groups excluding carboxylic acids is 1. The normalized spacial score (nSPS) is 11.2. The van der Waals surface area contributed by atoms with Crippen LogP contribution in [0.15, 0.2) is 57.2 Å². The van der Waals surface area contributed by atoms with E-state index in [1.54, 1.807) is 7.11 Å². The van der Waals surface area contributed by atoms with Crippen LogP contribution in [0.25, 0.3) is 10.6 Å². The van der Waals surface area contributed by atoms with Crippen molar-refractivity contribution in [3.63, 3.8) is 0 Å². The summed E-state index contributed by atoms with van der Waals surface area (Å²) in [6, 6.07) is 11.3. The van der Waals surface area contributed by atoms with E-state index >= 15 is 0 Å². The molecule has 0 radical (unpaired) electrons. The number of nitrogens with zero attached hydrogens (tertiary/aromatic N) is 1. The van der Waals surface area contributed by atoms with Gasteiger partial charge in [0, 0.05) is 16.1 Å². The first kappa shape index (κ1) is 20.5. The first-order valence-electron chi connectivity index (χ1n) is 8.03. The minimum absolute atomic E-state index is 0.0134. The maximum atomic E-state index is 12.2. The summed E-state index contributed by atoms with van der Waals surface area (Å²) in [5, 5.41) is 2.57. The molecule has 3 aromatic rings. The van der Waals surface area contributed by atoms with Gasteiger partial charge in [-0.05, 0) is 42.5 Å². The summed E-state index contributed by atoms with van der Waals surface area (Å²) in [6.45, 7) is 0.0134. The Labute approximate surface area is 175 Å². The SMILES string of the molecule is COc1ccc(Br)cc1-c1nc(COC(=O)c2ccc(S(C)(=O)=O)cc2)cs1. The van der Waals surface area contributed by atoms with Crippen LogP contribution in [0.2, 0.25) is 0 Å². The zero-order valence-electron chi connectivity index (χ0n) is 15.0. The second-order valence-corrected chi connectivity index (χ2v) is 9.65. The smallest absolute Gasteiger partial charge is 0.338 e. The molecule has 0 spiro atoms. The number of ether oxygens (including phenoxy) is 2. The molecule has 0 amide bonds. The van der Waals surface area contributed by atoms with Crippen molar-refractivity contribution in [1.29, 1.82) is 0 Å². The lowest BCUT2D eigenvalue weighted by molar-refractivity contribution is 0.0468. The molecule has 0 N–H and O–H groups in total. The lowest BCUT2D eigenvalue weighted by Crippen LogP contribution is -2.06. The lowest BCUT2D eigenvalue weighted by Gasteiger charge is -2.06. The number of esters is 1. The lowest BCUT2D eigenvalue weighted by atomic mass is 10.2. The van der Waals surface area contributed by atoms with Gasteiger partial charge in [0.1, 0.15) is 17.4 Å². The third-order valence-corrected chi connectivity index (χ3v) is 6.36. The highest BCUT2D eigenvalue weighted by atomic mass is 79.9. The van der Waals surface area contributed by atoms with Gasteiger partial charge in [0.15, 0.2) is 9.84 Å². The number of hydrogen-bond acceptors (Lipinski definition) is 7. The van der Waals surface area contributed by atoms with Crippen molar-refractivity contribution in [3.8, 4) is 16.3 Å². The summed E-state index contributed by atoms with van der Waals surface area (Å²) in [4.78, 5) is 16.8. The largest absolute Gasteiger partial charge is 0.496 e. The number of halogens is 1. The quantitative estimate of drug-likeness (QED) is 0.486. The Morgan fingerprint density at radius 3 is 2.54 bits per heavy atom. The fraction of sp³-hybridized carbons (Fsp3) is 0.158. The van der Waals surface area contributed by atoms with Crippen molar-refractivity contribution in [2.45, 2.75) is 11.5 Å². The van der Waals surface area contributed by atoms with Crippen LogP contribution in [0.4, 0.5) is 0 Å². The molecule has 2 aromatic carbocycles. The first-order valence-corrected chi connectivity index (χ1v) is 11.6. The molecular formula is C19H16BrNO5S2. The molecule has 0 fully saturated rings. The first-order chi connectivity index (χ1) is 13.3. The van der Waals surface area contributed by atoms with Gasteiger partial charge in [-0.25, -0.2) is 18.2 Å². The zero-order valence-corrected chi connectivity index (χ0v) is 18.2. The summed E-state index contributed by atoms with van der Waals surface area (Å²) >= 11 is 4.86. The molecule has 0 unspecified atom stereocenters. The van der Waals surface area contributed by atoms with E-state index in [1.807, 2.05) is 23.6 Å². The standard InChI is InChI=1S/C19H16BrNO5S2/c1-25-17-8-5-13(20)9-16(17)18-21-14(11-27-18)10-26-19(22)12-3-6-15(7-4-12)28(2,23)24/h3-9,11H,10H2,1-2H3. The minimum atomic E-state index is -3.31. The van der Waals surface area contributed by atoms with Gasteiger partial charge in [-0.2, -0.15) is 0 Å². The summed E-state index contributed by atoms with van der Waals surface area (Å²) in [5.41, 5.74) is 1.73. The zero-order chi connectivity index (χ0) is 20.3. The van der Waals surface area contributed by atoms with Crippen molar-refractivity contribution < 1.29 is 22.7 Å². The van der Waals surface area contributed by atoms with Gasteiger partial charge in [-0.15, -0.1) is 11.3 Å². The van der Waals surface area contributed by atoms with Crippen LogP contribution in [0.1, 0.15) is 16.1 Å². The van der Waals surface area contributed by atoms with Crippen molar-refractivity contribution in [3.05, 3.63) is 63.6 Å². The van der Waals surface area contributed by atoms with Crippen LogP contribution < -0.4 is 4.74 Å². The predicted molar refractivity (Wildman–Crippen MR) is 110 cm³/mol. The van der Waals surface area contributed by atoms with E-state index in [0.29, 0.717) is 11.4 Å². The van der Waals surface area contributed by atoms with E-state index in [0.717, 1.165) is 21.3 Å². The van der Waals surface area contributed by atoms with Gasteiger partial charge < -0.3 is 9.47 Å². The Balaban J connectivity index is 1.69. The van der Waals surface area contributed by atoms with Crippen LogP contribution in [0, 0.1) is 0 Å². The molecule has 3 rings (SSSR count). The predicted octanol–water partition coefficient (Wildman–Crippen LogP) is 4.34. The molecule has 0 bridgehead atoms. The molecule has 9 heteroatoms. The molecule has 0 aliphatic rings. The number of hydrogen-bond donors (Lipinski definition) is 0. The van der Waals surface area contributed by atoms with E-state index in [-0.39, 0.29) is 17.1 Å². The van der Waals surface area contributed by atoms with Crippen LogP contribution in [-0.4, -0.2) is 32.7 Å². The van der Waals surface area contributed by atoms with Gasteiger partial charge in [0.05, 0.1) is 28.8 Å². The Hall–Kier alpha value is -2.23. The van der Waals surface area contributed by atoms with Gasteiger partial charge >= 0.3 is 5.97 Å². The number of aromatic nitrogens is 1. The highest BCUT2D eigenvalue weighted by Crippen LogP contribution is 2.34. The highest BCUT2D eigenvalue weighted by molar-refractivity contribution is 9.10. The Morgan fingerprint density at radius 2 is 1.89 bits per heavy atom. The van der Waals surface area contributed by atoms with Gasteiger partial charge in [0.2, 0.25) is 0 Å². The Bertz CT molecular complexity index is 1110. The minimum Gasteiger partial charge on any atom is -0.496 e. The second kappa shape index (κ2) is 8.42. The number of benzene rings is 2. The summed E-state index contributed by atoms with van der Waals surface area (Å²) < 4.78 is 34.5. The average molecular weight is 482 g/mol. The van der Waals surface area contributed by atoms with Gasteiger partial charge in [-0.1, -0.05) is 15.9 Å². The maximum Gasteiger partial charge on any atom is 0.338 e. The third-order valence-electron chi connectivity index (χ3n) is 3.81. The molecule has 146 valence electrons. The number of methoxy groups -OCH3 is 1. The van der Waals surface area contributed by atoms with Crippen molar-refractivity contribution in [2.24, 2.45) is 0 Å². The highest BCUT2D eigenvalue weighted by Gasteiger charge is 2.14. The van der Waals surface area contributed by atoms with E-state index in [4.69, 9.17) is 9.47 Å². The molecule has 0 saturated carbocycles. The molecule has 0 aliphatic carbocycles. The molecule has 0 saturated heterocycles. The van der Waals surface area contributed by atoms with Crippen LogP contribution >= 0.6 is 27.3 Å². The summed E-state index contributed by atoms with van der Waals surface area (Å²) in [5.74, 6) is 0.154. The summed E-state index contributed by atoms with van der Waals surface area (Å²) in [7, 11) is -1.71. The molecule has 1 heterocycles. The monoisotopic (exact) mass is 481 g/mol. The van der Waals surface area contributed by atoms with E-state index < -0.39 is 15.8 Å². The van der Waals surface area contributed by atoms with Crippen molar-refractivity contribution in [1.82, 2.24) is 4.98 Å². The second-order valence-electron chi connectivity index (χ2n) is 5.86. The van der Waals surface area contributed by atoms with Crippen LogP contribution in [-0.2, 0) is 21.2 Å². The van der Waals surface area contributed by atoms with Crippen LogP contribution in [0.5, 0.6) is 5.75 Å². The van der Waals surface area contributed by atoms with Crippen LogP contribution in [0.3, 0.4) is 0 Å². The molecular weight excluding hydrogens is 466 g/mol. The maximum absolute atomic E-state index is 12.2. The number of rotatable bonds is 6. The van der Waals surface area contributed by atoms with Crippen molar-refractivity contribution in [2.75, 3.05) is 13.4 Å². The molecule has 0 atom stereocenters. The molecule has 6 nitrogen and oxygen atoms in total. The Kier molecular flexibility index (Phi) is 6.17. The Morgan fingerprint density at radius 1 is 1.18 bits per heavy atom. The summed E-state index contributed by atoms with van der Waals surface area (Å²) in [6.07, 6.45) is 1.11. The molecule has 0 aliphatic heterocycles. The third kappa shape index (κ3) is 4.78. The number of thiazole rings is 1.